The van der Waals surface area contributed by atoms with Gasteiger partial charge < -0.3 is 4.74 Å². The van der Waals surface area contributed by atoms with Crippen LogP contribution in [-0.2, 0) is 14.8 Å². The number of hydrogen-bond donors (Lipinski definition) is 1. The monoisotopic (exact) mass is 235 g/mol. The smallest absolute Gasteiger partial charge is 0.209 e. The summed E-state index contributed by atoms with van der Waals surface area (Å²) in [4.78, 5) is 0. The van der Waals surface area contributed by atoms with E-state index in [2.05, 4.69) is 0 Å². The van der Waals surface area contributed by atoms with Crippen LogP contribution in [0.2, 0.25) is 0 Å². The Balaban J connectivity index is 2.21. The van der Waals surface area contributed by atoms with E-state index in [0.29, 0.717) is 6.61 Å². The van der Waals surface area contributed by atoms with Crippen LogP contribution in [0, 0.1) is 11.8 Å². The van der Waals surface area contributed by atoms with Crippen molar-refractivity contribution in [2.24, 2.45) is 17.0 Å². The fourth-order valence-corrected chi connectivity index (χ4v) is 2.56. The fourth-order valence-electron chi connectivity index (χ4n) is 1.64. The molecule has 0 aliphatic heterocycles. The highest BCUT2D eigenvalue weighted by atomic mass is 32.2. The number of rotatable bonds is 8. The van der Waals surface area contributed by atoms with Crippen molar-refractivity contribution in [2.75, 3.05) is 19.0 Å². The lowest BCUT2D eigenvalue weighted by atomic mass is 10.1. The first kappa shape index (κ1) is 12.9. The molecule has 1 aliphatic rings. The zero-order valence-electron chi connectivity index (χ0n) is 9.31. The van der Waals surface area contributed by atoms with E-state index in [1.165, 1.54) is 12.8 Å². The van der Waals surface area contributed by atoms with Crippen LogP contribution >= 0.6 is 0 Å². The third-order valence-electron chi connectivity index (χ3n) is 2.57. The normalized spacial score (nSPS) is 19.1. The number of nitrogens with two attached hydrogens (primary N) is 1. The minimum atomic E-state index is -3.36. The number of ether oxygens (including phenoxy) is 1. The van der Waals surface area contributed by atoms with Crippen LogP contribution in [0.4, 0.5) is 0 Å². The molecule has 1 atom stereocenters. The van der Waals surface area contributed by atoms with Crippen LogP contribution in [0.5, 0.6) is 0 Å². The summed E-state index contributed by atoms with van der Waals surface area (Å²) in [7, 11) is -3.36. The van der Waals surface area contributed by atoms with Gasteiger partial charge in [0.25, 0.3) is 0 Å². The van der Waals surface area contributed by atoms with Gasteiger partial charge in [0.2, 0.25) is 10.0 Å². The van der Waals surface area contributed by atoms with Crippen molar-refractivity contribution in [3.8, 4) is 0 Å². The first-order valence-electron chi connectivity index (χ1n) is 5.59. The van der Waals surface area contributed by atoms with E-state index in [-0.39, 0.29) is 11.7 Å². The Kier molecular flexibility index (Phi) is 5.02. The van der Waals surface area contributed by atoms with Crippen LogP contribution < -0.4 is 5.14 Å². The SMILES string of the molecule is CCCC(COCC1CC1)CS(N)(=O)=O. The Hall–Kier alpha value is -0.130. The molecule has 0 heterocycles. The van der Waals surface area contributed by atoms with Crippen molar-refractivity contribution < 1.29 is 13.2 Å². The summed E-state index contributed by atoms with van der Waals surface area (Å²) in [5.41, 5.74) is 0. The van der Waals surface area contributed by atoms with E-state index in [0.717, 1.165) is 25.4 Å². The highest BCUT2D eigenvalue weighted by molar-refractivity contribution is 7.89. The van der Waals surface area contributed by atoms with Gasteiger partial charge in [0.1, 0.15) is 0 Å². The summed E-state index contributed by atoms with van der Waals surface area (Å²) < 4.78 is 27.4. The van der Waals surface area contributed by atoms with E-state index in [9.17, 15) is 8.42 Å². The average molecular weight is 235 g/mol. The maximum Gasteiger partial charge on any atom is 0.209 e. The second kappa shape index (κ2) is 5.82. The summed E-state index contributed by atoms with van der Waals surface area (Å²) >= 11 is 0. The first-order valence-corrected chi connectivity index (χ1v) is 7.31. The molecule has 0 bridgehead atoms. The predicted molar refractivity (Wildman–Crippen MR) is 59.9 cm³/mol. The molecule has 0 radical (unpaired) electrons. The van der Waals surface area contributed by atoms with E-state index < -0.39 is 10.0 Å². The number of primary sulfonamides is 1. The lowest BCUT2D eigenvalue weighted by Gasteiger charge is -2.14. The molecule has 0 saturated heterocycles. The van der Waals surface area contributed by atoms with Crippen molar-refractivity contribution >= 4 is 10.0 Å². The standard InChI is InChI=1S/C10H21NO3S/c1-2-3-10(8-15(11,12)13)7-14-6-9-4-5-9/h9-10H,2-8H2,1H3,(H2,11,12,13). The lowest BCUT2D eigenvalue weighted by Crippen LogP contribution is -2.26. The van der Waals surface area contributed by atoms with Gasteiger partial charge in [-0.25, -0.2) is 13.6 Å². The van der Waals surface area contributed by atoms with Crippen LogP contribution in [0.1, 0.15) is 32.6 Å². The molecule has 0 aromatic rings. The summed E-state index contributed by atoms with van der Waals surface area (Å²) in [5, 5.41) is 5.03. The van der Waals surface area contributed by atoms with Gasteiger partial charge in [-0.15, -0.1) is 0 Å². The summed E-state index contributed by atoms with van der Waals surface area (Å²) in [5.74, 6) is 0.830. The van der Waals surface area contributed by atoms with E-state index in [4.69, 9.17) is 9.88 Å². The molecule has 90 valence electrons. The molecule has 15 heavy (non-hydrogen) atoms. The quantitative estimate of drug-likeness (QED) is 0.685. The van der Waals surface area contributed by atoms with E-state index in [1.807, 2.05) is 6.92 Å². The summed E-state index contributed by atoms with van der Waals surface area (Å²) in [6.07, 6.45) is 4.34. The minimum Gasteiger partial charge on any atom is -0.381 e. The Morgan fingerprint density at radius 1 is 1.47 bits per heavy atom. The molecule has 1 rings (SSSR count). The van der Waals surface area contributed by atoms with Gasteiger partial charge >= 0.3 is 0 Å². The van der Waals surface area contributed by atoms with Gasteiger partial charge in [0.05, 0.1) is 12.4 Å². The Morgan fingerprint density at radius 3 is 2.60 bits per heavy atom. The highest BCUT2D eigenvalue weighted by Gasteiger charge is 2.22. The lowest BCUT2D eigenvalue weighted by molar-refractivity contribution is 0.0943. The van der Waals surface area contributed by atoms with Crippen LogP contribution in [0.3, 0.4) is 0 Å². The Labute approximate surface area is 92.2 Å². The largest absolute Gasteiger partial charge is 0.381 e. The van der Waals surface area contributed by atoms with Crippen LogP contribution in [0.15, 0.2) is 0 Å². The second-order valence-corrected chi connectivity index (χ2v) is 6.12. The predicted octanol–water partition coefficient (Wildman–Crippen LogP) is 1.12. The Bertz CT molecular complexity index is 272. The van der Waals surface area contributed by atoms with Crippen LogP contribution in [0.25, 0.3) is 0 Å². The van der Waals surface area contributed by atoms with E-state index in [1.54, 1.807) is 0 Å². The van der Waals surface area contributed by atoms with Crippen molar-refractivity contribution in [3.05, 3.63) is 0 Å². The molecule has 0 amide bonds. The number of hydrogen-bond acceptors (Lipinski definition) is 3. The zero-order chi connectivity index (χ0) is 11.3. The van der Waals surface area contributed by atoms with E-state index >= 15 is 0 Å². The molecule has 0 spiro atoms. The summed E-state index contributed by atoms with van der Waals surface area (Å²) in [6.45, 7) is 3.35. The molecule has 4 nitrogen and oxygen atoms in total. The van der Waals surface area contributed by atoms with Gasteiger partial charge in [-0.05, 0) is 31.1 Å². The topological polar surface area (TPSA) is 69.4 Å². The molecule has 0 aromatic carbocycles. The third kappa shape index (κ3) is 6.87. The van der Waals surface area contributed by atoms with Gasteiger partial charge in [0.15, 0.2) is 0 Å². The molecule has 1 fully saturated rings. The van der Waals surface area contributed by atoms with Gasteiger partial charge in [-0.1, -0.05) is 13.3 Å². The molecule has 5 heteroatoms. The van der Waals surface area contributed by atoms with Crippen LogP contribution in [-0.4, -0.2) is 27.4 Å². The molecule has 1 saturated carbocycles. The Morgan fingerprint density at radius 2 is 2.13 bits per heavy atom. The fraction of sp³-hybridized carbons (Fsp3) is 1.00. The summed E-state index contributed by atoms with van der Waals surface area (Å²) in [6, 6.07) is 0. The maximum absolute atomic E-state index is 10.9. The van der Waals surface area contributed by atoms with Crippen molar-refractivity contribution in [3.63, 3.8) is 0 Å². The van der Waals surface area contributed by atoms with Gasteiger partial charge in [0, 0.05) is 6.61 Å². The maximum atomic E-state index is 10.9. The minimum absolute atomic E-state index is 0.0471. The van der Waals surface area contributed by atoms with Crippen molar-refractivity contribution in [1.82, 2.24) is 0 Å². The number of sulfonamides is 1. The molecule has 1 aliphatic carbocycles. The first-order chi connectivity index (χ1) is 7.01. The molecule has 0 aromatic heterocycles. The second-order valence-electron chi connectivity index (χ2n) is 4.47. The molecular weight excluding hydrogens is 214 g/mol. The molecule has 2 N–H and O–H groups in total. The van der Waals surface area contributed by atoms with Gasteiger partial charge in [-0.3, -0.25) is 0 Å². The molecule has 1 unspecified atom stereocenters. The average Bonchev–Trinajstić information content (AvgIpc) is 2.85. The zero-order valence-corrected chi connectivity index (χ0v) is 10.1. The molecular formula is C10H21NO3S. The third-order valence-corrected chi connectivity index (χ3v) is 3.50. The van der Waals surface area contributed by atoms with Crippen molar-refractivity contribution in [1.29, 1.82) is 0 Å². The van der Waals surface area contributed by atoms with Gasteiger partial charge in [-0.2, -0.15) is 0 Å². The van der Waals surface area contributed by atoms with Crippen molar-refractivity contribution in [2.45, 2.75) is 32.6 Å². The highest BCUT2D eigenvalue weighted by Crippen LogP contribution is 2.29.